The van der Waals surface area contributed by atoms with Crippen molar-refractivity contribution in [2.75, 3.05) is 37.1 Å². The summed E-state index contributed by atoms with van der Waals surface area (Å²) in [5.41, 5.74) is 2.70. The lowest BCUT2D eigenvalue weighted by Gasteiger charge is -2.27. The van der Waals surface area contributed by atoms with E-state index in [-0.39, 0.29) is 11.3 Å². The van der Waals surface area contributed by atoms with Gasteiger partial charge in [0.1, 0.15) is 17.3 Å². The summed E-state index contributed by atoms with van der Waals surface area (Å²) in [6.45, 7) is 5.89. The lowest BCUT2D eigenvalue weighted by Crippen LogP contribution is -2.29. The summed E-state index contributed by atoms with van der Waals surface area (Å²) in [6.07, 6.45) is 0. The van der Waals surface area contributed by atoms with Gasteiger partial charge in [-0.25, -0.2) is 0 Å². The number of carbonyl (C=O) groups is 2. The number of hydrogen-bond acceptors (Lipinski definition) is 6. The number of amides is 1. The van der Waals surface area contributed by atoms with Gasteiger partial charge in [0.05, 0.1) is 25.8 Å². The van der Waals surface area contributed by atoms with Crippen LogP contribution in [-0.4, -0.2) is 44.1 Å². The Hall–Kier alpha value is -4.26. The van der Waals surface area contributed by atoms with E-state index >= 15 is 0 Å². The predicted molar refractivity (Wildman–Crippen MR) is 141 cm³/mol. The van der Waals surface area contributed by atoms with Crippen LogP contribution >= 0.6 is 0 Å². The molecule has 0 radical (unpaired) electrons. The van der Waals surface area contributed by atoms with Gasteiger partial charge in [0, 0.05) is 30.0 Å². The summed E-state index contributed by atoms with van der Waals surface area (Å²) >= 11 is 0. The first-order chi connectivity index (χ1) is 17.4. The quantitative estimate of drug-likeness (QED) is 0.269. The molecular weight excluding hydrogens is 456 g/mol. The molecule has 1 unspecified atom stereocenters. The van der Waals surface area contributed by atoms with Crippen molar-refractivity contribution in [2.24, 2.45) is 0 Å². The monoisotopic (exact) mass is 486 g/mol. The van der Waals surface area contributed by atoms with E-state index in [0.717, 1.165) is 18.8 Å². The van der Waals surface area contributed by atoms with Gasteiger partial charge in [-0.05, 0) is 67.9 Å². The van der Waals surface area contributed by atoms with Crippen LogP contribution in [0.5, 0.6) is 11.5 Å². The van der Waals surface area contributed by atoms with Crippen LogP contribution < -0.4 is 19.3 Å². The molecule has 0 spiro atoms. The Kier molecular flexibility index (Phi) is 7.29. The van der Waals surface area contributed by atoms with Crippen molar-refractivity contribution in [2.45, 2.75) is 19.9 Å². The minimum absolute atomic E-state index is 0.0275. The van der Waals surface area contributed by atoms with Crippen LogP contribution in [0.3, 0.4) is 0 Å². The van der Waals surface area contributed by atoms with Crippen LogP contribution in [0.15, 0.2) is 78.4 Å². The van der Waals surface area contributed by atoms with Crippen molar-refractivity contribution in [1.82, 2.24) is 0 Å². The summed E-state index contributed by atoms with van der Waals surface area (Å²) in [6, 6.07) is 20.7. The van der Waals surface area contributed by atoms with Gasteiger partial charge in [-0.15, -0.1) is 0 Å². The number of benzene rings is 3. The number of anilines is 2. The Morgan fingerprint density at radius 1 is 0.889 bits per heavy atom. The van der Waals surface area contributed by atoms with Gasteiger partial charge in [-0.3, -0.25) is 14.5 Å². The minimum Gasteiger partial charge on any atom is -0.507 e. The lowest BCUT2D eigenvalue weighted by molar-refractivity contribution is -0.132. The van der Waals surface area contributed by atoms with Crippen molar-refractivity contribution in [3.05, 3.63) is 89.5 Å². The summed E-state index contributed by atoms with van der Waals surface area (Å²) in [4.78, 5) is 30.3. The van der Waals surface area contributed by atoms with Gasteiger partial charge in [0.15, 0.2) is 0 Å². The zero-order valence-corrected chi connectivity index (χ0v) is 20.9. The average Bonchev–Trinajstić information content (AvgIpc) is 3.19. The van der Waals surface area contributed by atoms with Crippen LogP contribution in [0.25, 0.3) is 5.76 Å². The number of Topliss-reactive ketones (excluding diaryl/α,β-unsaturated/α-hetero) is 1. The third-order valence-corrected chi connectivity index (χ3v) is 6.48. The molecule has 186 valence electrons. The highest BCUT2D eigenvalue weighted by molar-refractivity contribution is 6.51. The fraction of sp³-hybridized carbons (Fsp3) is 0.241. The van der Waals surface area contributed by atoms with E-state index in [4.69, 9.17) is 9.47 Å². The molecular formula is C29H30N2O5. The number of ketones is 1. The maximum atomic E-state index is 13.4. The minimum atomic E-state index is -0.810. The maximum Gasteiger partial charge on any atom is 0.300 e. The molecule has 1 aliphatic rings. The Morgan fingerprint density at radius 2 is 1.53 bits per heavy atom. The molecule has 1 saturated heterocycles. The number of aliphatic hydroxyl groups excluding tert-OH is 1. The maximum absolute atomic E-state index is 13.4. The number of rotatable bonds is 8. The van der Waals surface area contributed by atoms with Crippen molar-refractivity contribution >= 4 is 28.8 Å². The molecule has 1 atom stereocenters. The third kappa shape index (κ3) is 4.52. The van der Waals surface area contributed by atoms with Crippen molar-refractivity contribution in [1.29, 1.82) is 0 Å². The Morgan fingerprint density at radius 3 is 2.11 bits per heavy atom. The first kappa shape index (κ1) is 24.9. The van der Waals surface area contributed by atoms with Gasteiger partial charge in [-0.2, -0.15) is 0 Å². The van der Waals surface area contributed by atoms with Gasteiger partial charge in [-0.1, -0.05) is 24.3 Å². The second-order valence-corrected chi connectivity index (χ2v) is 8.36. The van der Waals surface area contributed by atoms with E-state index in [1.54, 1.807) is 55.6 Å². The van der Waals surface area contributed by atoms with Crippen molar-refractivity contribution < 1.29 is 24.2 Å². The molecule has 1 amide bonds. The molecule has 4 rings (SSSR count). The molecule has 1 aliphatic heterocycles. The van der Waals surface area contributed by atoms with Gasteiger partial charge < -0.3 is 19.5 Å². The highest BCUT2D eigenvalue weighted by Gasteiger charge is 2.47. The molecule has 1 heterocycles. The van der Waals surface area contributed by atoms with Crippen LogP contribution in [0, 0.1) is 0 Å². The zero-order chi connectivity index (χ0) is 25.8. The summed E-state index contributed by atoms with van der Waals surface area (Å²) < 4.78 is 10.5. The number of nitrogens with zero attached hydrogens (tertiary/aromatic N) is 2. The average molecular weight is 487 g/mol. The summed E-state index contributed by atoms with van der Waals surface area (Å²) in [5.74, 6) is -0.539. The standard InChI is InChI=1S/C29H30N2O5/c1-5-30(6-2)21-12-10-19(11-13-21)26-25(27(32)20-8-7-9-24(18-20)36-4)28(33)29(34)31(26)22-14-16-23(35-3)17-15-22/h7-18,26,32H,5-6H2,1-4H3/b27-25-. The molecule has 0 aliphatic carbocycles. The highest BCUT2D eigenvalue weighted by Crippen LogP contribution is 2.43. The summed E-state index contributed by atoms with van der Waals surface area (Å²) in [7, 11) is 3.09. The van der Waals surface area contributed by atoms with Crippen molar-refractivity contribution in [3.8, 4) is 11.5 Å². The number of methoxy groups -OCH3 is 2. The molecule has 36 heavy (non-hydrogen) atoms. The number of ether oxygens (including phenoxy) is 2. The SMILES string of the molecule is CCN(CC)c1ccc(C2/C(=C(/O)c3cccc(OC)c3)C(=O)C(=O)N2c2ccc(OC)cc2)cc1. The molecule has 1 fully saturated rings. The van der Waals surface area contributed by atoms with Crippen LogP contribution in [0.2, 0.25) is 0 Å². The lowest BCUT2D eigenvalue weighted by atomic mass is 9.94. The molecule has 3 aromatic rings. The zero-order valence-electron chi connectivity index (χ0n) is 20.9. The predicted octanol–water partition coefficient (Wildman–Crippen LogP) is 5.18. The van der Waals surface area contributed by atoms with Gasteiger partial charge in [0.2, 0.25) is 0 Å². The topological polar surface area (TPSA) is 79.3 Å². The van der Waals surface area contributed by atoms with E-state index in [9.17, 15) is 14.7 Å². The van der Waals surface area contributed by atoms with E-state index in [0.29, 0.717) is 28.3 Å². The summed E-state index contributed by atoms with van der Waals surface area (Å²) in [5, 5.41) is 11.3. The first-order valence-corrected chi connectivity index (χ1v) is 11.9. The van der Waals surface area contributed by atoms with E-state index in [1.165, 1.54) is 12.0 Å². The Bertz CT molecular complexity index is 1280. The van der Waals surface area contributed by atoms with Gasteiger partial charge in [0.25, 0.3) is 11.7 Å². The molecule has 0 aromatic heterocycles. The second kappa shape index (κ2) is 10.6. The van der Waals surface area contributed by atoms with Crippen molar-refractivity contribution in [3.63, 3.8) is 0 Å². The van der Waals surface area contributed by atoms with Gasteiger partial charge >= 0.3 is 0 Å². The van der Waals surface area contributed by atoms with E-state index in [2.05, 4.69) is 18.7 Å². The fourth-order valence-corrected chi connectivity index (χ4v) is 4.54. The molecule has 0 bridgehead atoms. The normalized spacial score (nSPS) is 16.8. The van der Waals surface area contributed by atoms with Crippen LogP contribution in [0.1, 0.15) is 31.0 Å². The largest absolute Gasteiger partial charge is 0.507 e. The molecule has 0 saturated carbocycles. The molecule has 7 heteroatoms. The number of carbonyl (C=O) groups excluding carboxylic acids is 2. The Labute approximate surface area is 211 Å². The fourth-order valence-electron chi connectivity index (χ4n) is 4.54. The molecule has 3 aromatic carbocycles. The van der Waals surface area contributed by atoms with E-state index < -0.39 is 17.7 Å². The molecule has 7 nitrogen and oxygen atoms in total. The smallest absolute Gasteiger partial charge is 0.300 e. The van der Waals surface area contributed by atoms with E-state index in [1.807, 2.05) is 24.3 Å². The first-order valence-electron chi connectivity index (χ1n) is 11.9. The second-order valence-electron chi connectivity index (χ2n) is 8.36. The highest BCUT2D eigenvalue weighted by atomic mass is 16.5. The van der Waals surface area contributed by atoms with Crippen LogP contribution in [-0.2, 0) is 9.59 Å². The Balaban J connectivity index is 1.89. The molecule has 1 N–H and O–H groups in total. The third-order valence-electron chi connectivity index (χ3n) is 6.48. The number of hydrogen-bond donors (Lipinski definition) is 1. The van der Waals surface area contributed by atoms with Crippen LogP contribution in [0.4, 0.5) is 11.4 Å². The number of aliphatic hydroxyl groups is 1.